The first-order valence-corrected chi connectivity index (χ1v) is 10.8. The van der Waals surface area contributed by atoms with Gasteiger partial charge in [-0.3, -0.25) is 4.99 Å². The van der Waals surface area contributed by atoms with Gasteiger partial charge in [0.2, 0.25) is 0 Å². The van der Waals surface area contributed by atoms with Crippen molar-refractivity contribution < 1.29 is 0 Å². The molecule has 2 heterocycles. The molecule has 1 aromatic carbocycles. The number of aliphatic imine (C=N–C) groups is 1. The van der Waals surface area contributed by atoms with E-state index in [2.05, 4.69) is 74.1 Å². The maximum absolute atomic E-state index is 4.64. The van der Waals surface area contributed by atoms with E-state index in [-0.39, 0.29) is 0 Å². The third-order valence-electron chi connectivity index (χ3n) is 5.70. The first-order chi connectivity index (χ1) is 14.1. The summed E-state index contributed by atoms with van der Waals surface area (Å²) in [4.78, 5) is 14.0. The SMILES string of the molecule is CN=C(NCCCn1c(C)nc2ccccc21)NCC(C)CN1CCN(C)CC1. The minimum Gasteiger partial charge on any atom is -0.356 e. The molecule has 7 heteroatoms. The van der Waals surface area contributed by atoms with E-state index in [1.807, 2.05) is 13.1 Å². The van der Waals surface area contributed by atoms with Crippen molar-refractivity contribution in [3.05, 3.63) is 30.1 Å². The fourth-order valence-electron chi connectivity index (χ4n) is 3.95. The molecule has 1 aromatic heterocycles. The summed E-state index contributed by atoms with van der Waals surface area (Å²) in [6.45, 7) is 13.0. The number of nitrogens with zero attached hydrogens (tertiary/aromatic N) is 5. The molecule has 1 aliphatic heterocycles. The molecule has 0 bridgehead atoms. The summed E-state index contributed by atoms with van der Waals surface area (Å²) in [6.07, 6.45) is 1.03. The largest absolute Gasteiger partial charge is 0.356 e. The molecule has 1 unspecified atom stereocenters. The van der Waals surface area contributed by atoms with E-state index in [4.69, 9.17) is 0 Å². The summed E-state index contributed by atoms with van der Waals surface area (Å²) in [5.74, 6) is 2.56. The molecule has 29 heavy (non-hydrogen) atoms. The number of para-hydroxylation sites is 2. The zero-order valence-corrected chi connectivity index (χ0v) is 18.5. The Morgan fingerprint density at radius 3 is 2.69 bits per heavy atom. The molecule has 0 radical (unpaired) electrons. The lowest BCUT2D eigenvalue weighted by atomic mass is 10.1. The Morgan fingerprint density at radius 2 is 1.93 bits per heavy atom. The van der Waals surface area contributed by atoms with E-state index in [0.717, 1.165) is 49.9 Å². The second kappa shape index (κ2) is 10.6. The number of nitrogens with one attached hydrogen (secondary N) is 2. The number of likely N-dealkylation sites (N-methyl/N-ethyl adjacent to an activating group) is 1. The predicted octanol–water partition coefficient (Wildman–Crippen LogP) is 1.78. The topological polar surface area (TPSA) is 60.7 Å². The number of hydrogen-bond donors (Lipinski definition) is 2. The lowest BCUT2D eigenvalue weighted by molar-refractivity contribution is 0.139. The zero-order valence-electron chi connectivity index (χ0n) is 18.5. The molecule has 1 fully saturated rings. The van der Waals surface area contributed by atoms with Crippen LogP contribution in [0.15, 0.2) is 29.3 Å². The smallest absolute Gasteiger partial charge is 0.190 e. The molecule has 160 valence electrons. The fourth-order valence-corrected chi connectivity index (χ4v) is 3.95. The van der Waals surface area contributed by atoms with E-state index in [1.54, 1.807) is 0 Å². The molecular weight excluding hydrogens is 362 g/mol. The molecule has 2 N–H and O–H groups in total. The van der Waals surface area contributed by atoms with Gasteiger partial charge in [-0.15, -0.1) is 0 Å². The summed E-state index contributed by atoms with van der Waals surface area (Å²) in [6, 6.07) is 8.34. The normalized spacial score (nSPS) is 17.6. The average Bonchev–Trinajstić information content (AvgIpc) is 3.04. The van der Waals surface area contributed by atoms with Gasteiger partial charge in [0.05, 0.1) is 11.0 Å². The van der Waals surface area contributed by atoms with Crippen molar-refractivity contribution in [1.29, 1.82) is 0 Å². The fraction of sp³-hybridized carbons (Fsp3) is 0.636. The molecular formula is C22H37N7. The van der Waals surface area contributed by atoms with Crippen LogP contribution in [0.25, 0.3) is 11.0 Å². The number of guanidine groups is 1. The summed E-state index contributed by atoms with van der Waals surface area (Å²) in [7, 11) is 4.04. The van der Waals surface area contributed by atoms with Gasteiger partial charge in [-0.05, 0) is 38.4 Å². The van der Waals surface area contributed by atoms with Crippen LogP contribution in [0.1, 0.15) is 19.2 Å². The van der Waals surface area contributed by atoms with E-state index >= 15 is 0 Å². The summed E-state index contributed by atoms with van der Waals surface area (Å²) >= 11 is 0. The summed E-state index contributed by atoms with van der Waals surface area (Å²) < 4.78 is 2.30. The highest BCUT2D eigenvalue weighted by Crippen LogP contribution is 2.15. The van der Waals surface area contributed by atoms with Crippen molar-refractivity contribution in [2.75, 3.05) is 59.9 Å². The van der Waals surface area contributed by atoms with Gasteiger partial charge in [-0.1, -0.05) is 19.1 Å². The Balaban J connectivity index is 1.36. The Kier molecular flexibility index (Phi) is 7.89. The van der Waals surface area contributed by atoms with Crippen molar-refractivity contribution >= 4 is 17.0 Å². The standard InChI is InChI=1S/C22H37N7/c1-18(17-28-14-12-27(4)13-15-28)16-25-22(23-3)24-10-7-11-29-19(2)26-20-8-5-6-9-21(20)29/h5-6,8-9,18H,7,10-17H2,1-4H3,(H2,23,24,25). The molecule has 0 aliphatic carbocycles. The molecule has 1 aliphatic rings. The highest BCUT2D eigenvalue weighted by atomic mass is 15.2. The molecule has 0 amide bonds. The first kappa shape index (κ1) is 21.6. The molecule has 1 saturated heterocycles. The lowest BCUT2D eigenvalue weighted by Crippen LogP contribution is -2.47. The van der Waals surface area contributed by atoms with Crippen LogP contribution in [0, 0.1) is 12.8 Å². The van der Waals surface area contributed by atoms with E-state index in [0.29, 0.717) is 5.92 Å². The van der Waals surface area contributed by atoms with Crippen LogP contribution in [0.4, 0.5) is 0 Å². The Hall–Kier alpha value is -2.12. The van der Waals surface area contributed by atoms with Crippen molar-refractivity contribution in [3.8, 4) is 0 Å². The van der Waals surface area contributed by atoms with Crippen LogP contribution in [0.5, 0.6) is 0 Å². The van der Waals surface area contributed by atoms with E-state index in [1.165, 1.54) is 31.7 Å². The minimum absolute atomic E-state index is 0.594. The van der Waals surface area contributed by atoms with E-state index in [9.17, 15) is 0 Å². The van der Waals surface area contributed by atoms with Crippen molar-refractivity contribution in [3.63, 3.8) is 0 Å². The number of rotatable bonds is 8. The number of aryl methyl sites for hydroxylation is 2. The highest BCUT2D eigenvalue weighted by Gasteiger charge is 2.16. The van der Waals surface area contributed by atoms with Crippen LogP contribution in [-0.2, 0) is 6.54 Å². The van der Waals surface area contributed by atoms with Gasteiger partial charge in [-0.25, -0.2) is 4.98 Å². The monoisotopic (exact) mass is 399 g/mol. The molecule has 7 nitrogen and oxygen atoms in total. The van der Waals surface area contributed by atoms with Gasteiger partial charge < -0.3 is 25.0 Å². The van der Waals surface area contributed by atoms with Crippen molar-refractivity contribution in [1.82, 2.24) is 30.0 Å². The Morgan fingerprint density at radius 1 is 1.17 bits per heavy atom. The minimum atomic E-state index is 0.594. The second-order valence-electron chi connectivity index (χ2n) is 8.24. The maximum Gasteiger partial charge on any atom is 0.190 e. The van der Waals surface area contributed by atoms with Gasteiger partial charge in [0, 0.05) is 59.4 Å². The summed E-state index contributed by atoms with van der Waals surface area (Å²) in [5, 5.41) is 6.93. The molecule has 1 atom stereocenters. The van der Waals surface area contributed by atoms with Gasteiger partial charge in [0.1, 0.15) is 5.82 Å². The number of imidazole rings is 1. The molecule has 0 saturated carbocycles. The van der Waals surface area contributed by atoms with Gasteiger partial charge in [0.25, 0.3) is 0 Å². The first-order valence-electron chi connectivity index (χ1n) is 10.8. The average molecular weight is 400 g/mol. The van der Waals surface area contributed by atoms with Crippen LogP contribution < -0.4 is 10.6 Å². The van der Waals surface area contributed by atoms with Crippen LogP contribution in [-0.4, -0.2) is 85.2 Å². The lowest BCUT2D eigenvalue weighted by Gasteiger charge is -2.34. The number of aromatic nitrogens is 2. The van der Waals surface area contributed by atoms with Gasteiger partial charge >= 0.3 is 0 Å². The Labute approximate surface area is 175 Å². The highest BCUT2D eigenvalue weighted by molar-refractivity contribution is 5.79. The molecule has 3 rings (SSSR count). The quantitative estimate of drug-likeness (QED) is 0.403. The van der Waals surface area contributed by atoms with Crippen LogP contribution in [0.3, 0.4) is 0 Å². The van der Waals surface area contributed by atoms with Crippen molar-refractivity contribution in [2.45, 2.75) is 26.8 Å². The maximum atomic E-state index is 4.64. The Bertz CT molecular complexity index is 790. The molecule has 2 aromatic rings. The number of benzene rings is 1. The van der Waals surface area contributed by atoms with Crippen LogP contribution >= 0.6 is 0 Å². The number of piperazine rings is 1. The zero-order chi connectivity index (χ0) is 20.6. The predicted molar refractivity (Wildman–Crippen MR) is 122 cm³/mol. The second-order valence-corrected chi connectivity index (χ2v) is 8.24. The van der Waals surface area contributed by atoms with Gasteiger partial charge in [0.15, 0.2) is 5.96 Å². The third-order valence-corrected chi connectivity index (χ3v) is 5.70. The van der Waals surface area contributed by atoms with Crippen molar-refractivity contribution in [2.24, 2.45) is 10.9 Å². The number of hydrogen-bond acceptors (Lipinski definition) is 4. The third kappa shape index (κ3) is 6.18. The van der Waals surface area contributed by atoms with E-state index < -0.39 is 0 Å². The summed E-state index contributed by atoms with van der Waals surface area (Å²) in [5.41, 5.74) is 2.29. The van der Waals surface area contributed by atoms with Gasteiger partial charge in [-0.2, -0.15) is 0 Å². The number of fused-ring (bicyclic) bond motifs is 1. The molecule has 0 spiro atoms. The van der Waals surface area contributed by atoms with Crippen LogP contribution in [0.2, 0.25) is 0 Å².